The molecule has 0 aliphatic carbocycles. The van der Waals surface area contributed by atoms with Crippen molar-refractivity contribution in [1.82, 2.24) is 14.5 Å². The molecule has 0 saturated heterocycles. The molecule has 2 aromatic rings. The van der Waals surface area contributed by atoms with Crippen LogP contribution in [-0.2, 0) is 6.54 Å². The van der Waals surface area contributed by atoms with Gasteiger partial charge in [0.05, 0.1) is 29.6 Å². The van der Waals surface area contributed by atoms with Crippen LogP contribution in [0.5, 0.6) is 0 Å². The highest BCUT2D eigenvalue weighted by molar-refractivity contribution is 5.76. The van der Waals surface area contributed by atoms with E-state index in [1.165, 1.54) is 12.8 Å². The molecule has 4 heteroatoms. The first-order valence-corrected chi connectivity index (χ1v) is 7.71. The average molecular weight is 284 g/mol. The summed E-state index contributed by atoms with van der Waals surface area (Å²) in [5.41, 5.74) is 2.14. The Hall–Kier alpha value is -1.86. The van der Waals surface area contributed by atoms with Gasteiger partial charge in [-0.2, -0.15) is 5.26 Å². The minimum absolute atomic E-state index is 0.252. The molecule has 0 spiro atoms. The van der Waals surface area contributed by atoms with Crippen LogP contribution in [-0.4, -0.2) is 28.0 Å². The van der Waals surface area contributed by atoms with Crippen molar-refractivity contribution in [2.24, 2.45) is 0 Å². The van der Waals surface area contributed by atoms with Crippen molar-refractivity contribution in [3.8, 4) is 6.07 Å². The van der Waals surface area contributed by atoms with Gasteiger partial charge >= 0.3 is 0 Å². The fourth-order valence-corrected chi connectivity index (χ4v) is 2.61. The maximum atomic E-state index is 8.90. The van der Waals surface area contributed by atoms with Crippen molar-refractivity contribution in [3.05, 3.63) is 30.1 Å². The summed E-state index contributed by atoms with van der Waals surface area (Å²) in [6.45, 7) is 6.18. The number of para-hydroxylation sites is 2. The van der Waals surface area contributed by atoms with Crippen molar-refractivity contribution >= 4 is 11.0 Å². The van der Waals surface area contributed by atoms with E-state index in [-0.39, 0.29) is 6.04 Å². The number of aryl methyl sites for hydroxylation is 1. The van der Waals surface area contributed by atoms with Gasteiger partial charge in [-0.05, 0) is 39.1 Å². The summed E-state index contributed by atoms with van der Waals surface area (Å²) in [7, 11) is 2.15. The van der Waals surface area contributed by atoms with Crippen LogP contribution in [0.2, 0.25) is 0 Å². The lowest BCUT2D eigenvalue weighted by molar-refractivity contribution is 0.244. The van der Waals surface area contributed by atoms with E-state index in [4.69, 9.17) is 10.2 Å². The van der Waals surface area contributed by atoms with Gasteiger partial charge in [-0.1, -0.05) is 25.5 Å². The van der Waals surface area contributed by atoms with Crippen LogP contribution in [0, 0.1) is 11.3 Å². The Labute approximate surface area is 127 Å². The third-order valence-corrected chi connectivity index (χ3v) is 4.03. The summed E-state index contributed by atoms with van der Waals surface area (Å²) < 4.78 is 2.20. The Balaban J connectivity index is 2.35. The summed E-state index contributed by atoms with van der Waals surface area (Å²) in [6, 6.07) is 10.7. The van der Waals surface area contributed by atoms with Crippen LogP contribution in [0.15, 0.2) is 24.3 Å². The summed E-state index contributed by atoms with van der Waals surface area (Å²) in [4.78, 5) is 7.15. The maximum absolute atomic E-state index is 8.90. The van der Waals surface area contributed by atoms with Gasteiger partial charge in [0.2, 0.25) is 0 Å². The Morgan fingerprint density at radius 1 is 1.38 bits per heavy atom. The van der Waals surface area contributed by atoms with E-state index in [1.54, 1.807) is 0 Å². The lowest BCUT2D eigenvalue weighted by Gasteiger charge is -2.24. The predicted molar refractivity (Wildman–Crippen MR) is 85.9 cm³/mol. The Kier molecular flexibility index (Phi) is 5.35. The maximum Gasteiger partial charge on any atom is 0.127 e. The van der Waals surface area contributed by atoms with Crippen LogP contribution < -0.4 is 0 Å². The Morgan fingerprint density at radius 2 is 2.14 bits per heavy atom. The second kappa shape index (κ2) is 7.24. The SMILES string of the molecule is CCCCN(C)C(C)c1nc2ccccc2n1CCC#N. The fourth-order valence-electron chi connectivity index (χ4n) is 2.61. The lowest BCUT2D eigenvalue weighted by atomic mass is 10.2. The number of hydrogen-bond donors (Lipinski definition) is 0. The van der Waals surface area contributed by atoms with E-state index in [9.17, 15) is 0 Å². The second-order valence-electron chi connectivity index (χ2n) is 5.53. The molecular weight excluding hydrogens is 260 g/mol. The molecule has 1 aromatic carbocycles. The second-order valence-corrected chi connectivity index (χ2v) is 5.53. The molecule has 0 amide bonds. The first-order valence-electron chi connectivity index (χ1n) is 7.71. The van der Waals surface area contributed by atoms with E-state index < -0.39 is 0 Å². The largest absolute Gasteiger partial charge is 0.326 e. The molecule has 1 heterocycles. The van der Waals surface area contributed by atoms with Crippen LogP contribution >= 0.6 is 0 Å². The highest BCUT2D eigenvalue weighted by Crippen LogP contribution is 2.24. The monoisotopic (exact) mass is 284 g/mol. The van der Waals surface area contributed by atoms with Crippen molar-refractivity contribution in [3.63, 3.8) is 0 Å². The summed E-state index contributed by atoms with van der Waals surface area (Å²) in [6.07, 6.45) is 2.90. The molecule has 0 fully saturated rings. The number of rotatable bonds is 7. The van der Waals surface area contributed by atoms with Gasteiger partial charge in [-0.25, -0.2) is 4.98 Å². The number of fused-ring (bicyclic) bond motifs is 1. The van der Waals surface area contributed by atoms with E-state index in [2.05, 4.69) is 42.5 Å². The number of unbranched alkanes of at least 4 members (excludes halogenated alkanes) is 1. The van der Waals surface area contributed by atoms with Gasteiger partial charge in [0.1, 0.15) is 5.82 Å². The molecule has 1 atom stereocenters. The Morgan fingerprint density at radius 3 is 2.86 bits per heavy atom. The van der Waals surface area contributed by atoms with Crippen molar-refractivity contribution < 1.29 is 0 Å². The van der Waals surface area contributed by atoms with Crippen molar-refractivity contribution in [2.45, 2.75) is 45.7 Å². The first-order chi connectivity index (χ1) is 10.2. The normalized spacial score (nSPS) is 12.7. The highest BCUT2D eigenvalue weighted by Gasteiger charge is 2.19. The number of nitrogens with zero attached hydrogens (tertiary/aromatic N) is 4. The third kappa shape index (κ3) is 3.43. The molecule has 1 aromatic heterocycles. The molecule has 0 aliphatic rings. The highest BCUT2D eigenvalue weighted by atomic mass is 15.2. The smallest absolute Gasteiger partial charge is 0.127 e. The van der Waals surface area contributed by atoms with Gasteiger partial charge in [0.25, 0.3) is 0 Å². The lowest BCUT2D eigenvalue weighted by Crippen LogP contribution is -2.26. The van der Waals surface area contributed by atoms with E-state index >= 15 is 0 Å². The van der Waals surface area contributed by atoms with E-state index in [0.717, 1.165) is 23.4 Å². The number of aromatic nitrogens is 2. The van der Waals surface area contributed by atoms with Gasteiger partial charge in [0.15, 0.2) is 0 Å². The van der Waals surface area contributed by atoms with Gasteiger partial charge < -0.3 is 4.57 Å². The Bertz CT molecular complexity index is 623. The van der Waals surface area contributed by atoms with Crippen molar-refractivity contribution in [2.75, 3.05) is 13.6 Å². The molecule has 0 N–H and O–H groups in total. The summed E-state index contributed by atoms with van der Waals surface area (Å²) in [5, 5.41) is 8.90. The van der Waals surface area contributed by atoms with Crippen LogP contribution in [0.4, 0.5) is 0 Å². The average Bonchev–Trinajstić information content (AvgIpc) is 2.88. The molecular formula is C17H24N4. The predicted octanol–water partition coefficient (Wildman–Crippen LogP) is 3.74. The van der Waals surface area contributed by atoms with E-state index in [1.807, 2.05) is 18.2 Å². The van der Waals surface area contributed by atoms with Gasteiger partial charge in [-0.3, -0.25) is 4.90 Å². The zero-order chi connectivity index (χ0) is 15.2. The van der Waals surface area contributed by atoms with Crippen LogP contribution in [0.1, 0.15) is 45.0 Å². The number of imidazole rings is 1. The molecule has 112 valence electrons. The molecule has 0 bridgehead atoms. The minimum atomic E-state index is 0.252. The van der Waals surface area contributed by atoms with Crippen LogP contribution in [0.3, 0.4) is 0 Å². The topological polar surface area (TPSA) is 44.9 Å². The standard InChI is InChI=1S/C17H24N4/c1-4-5-12-20(3)14(2)17-19-15-9-6-7-10-16(15)21(17)13-8-11-18/h6-7,9-10,14H,4-5,8,12-13H2,1-3H3. The fraction of sp³-hybridized carbons (Fsp3) is 0.529. The molecule has 2 rings (SSSR count). The summed E-state index contributed by atoms with van der Waals surface area (Å²) >= 11 is 0. The van der Waals surface area contributed by atoms with Crippen molar-refractivity contribution in [1.29, 1.82) is 5.26 Å². The molecule has 0 radical (unpaired) electrons. The van der Waals surface area contributed by atoms with E-state index in [0.29, 0.717) is 13.0 Å². The molecule has 0 saturated carbocycles. The number of hydrogen-bond acceptors (Lipinski definition) is 3. The number of benzene rings is 1. The molecule has 1 unspecified atom stereocenters. The van der Waals surface area contributed by atoms with Gasteiger partial charge in [0, 0.05) is 6.54 Å². The van der Waals surface area contributed by atoms with Crippen LogP contribution in [0.25, 0.3) is 11.0 Å². The first kappa shape index (κ1) is 15.5. The zero-order valence-electron chi connectivity index (χ0n) is 13.2. The molecule has 21 heavy (non-hydrogen) atoms. The quantitative estimate of drug-likeness (QED) is 0.778. The summed E-state index contributed by atoms with van der Waals surface area (Å²) in [5.74, 6) is 1.06. The molecule has 0 aliphatic heterocycles. The minimum Gasteiger partial charge on any atom is -0.326 e. The molecule has 4 nitrogen and oxygen atoms in total. The number of nitriles is 1. The van der Waals surface area contributed by atoms with Gasteiger partial charge in [-0.15, -0.1) is 0 Å². The zero-order valence-corrected chi connectivity index (χ0v) is 13.2. The third-order valence-electron chi connectivity index (χ3n) is 4.03.